The van der Waals surface area contributed by atoms with Crippen LogP contribution in [0.3, 0.4) is 0 Å². The smallest absolute Gasteiger partial charge is 0.0974 e. The molecule has 0 aromatic carbocycles. The highest BCUT2D eigenvalue weighted by atomic mass is 19.2. The molecule has 11 heavy (non-hydrogen) atoms. The van der Waals surface area contributed by atoms with Crippen molar-refractivity contribution in [2.24, 2.45) is 0 Å². The molecule has 0 radical (unpaired) electrons. The van der Waals surface area contributed by atoms with Crippen molar-refractivity contribution >= 4 is 0 Å². The highest BCUT2D eigenvalue weighted by Gasteiger charge is 2.01. The van der Waals surface area contributed by atoms with Crippen LogP contribution in [-0.2, 0) is 0 Å². The first kappa shape index (κ1) is 6.22. The molecule has 0 saturated heterocycles. The molecule has 2 rings (SSSR count). The molecule has 0 unspecified atom stereocenters. The van der Waals surface area contributed by atoms with E-state index in [9.17, 15) is 4.48 Å². The van der Waals surface area contributed by atoms with Gasteiger partial charge in [-0.05, 0) is 24.3 Å². The standard InChI is InChI=1S/C8H7FN2/c9-11-6-2-4-8(11)7-3-1-5-10-7/h1-6,10H. The fourth-order valence-corrected chi connectivity index (χ4v) is 1.06. The van der Waals surface area contributed by atoms with Gasteiger partial charge < -0.3 is 4.98 Å². The molecular weight excluding hydrogens is 143 g/mol. The second-order valence-corrected chi connectivity index (χ2v) is 2.29. The molecule has 2 nitrogen and oxygen atoms in total. The summed E-state index contributed by atoms with van der Waals surface area (Å²) in [5, 5.41) is 0. The van der Waals surface area contributed by atoms with Gasteiger partial charge in [0.1, 0.15) is 0 Å². The Morgan fingerprint density at radius 2 is 2.18 bits per heavy atom. The summed E-state index contributed by atoms with van der Waals surface area (Å²) in [6, 6.07) is 7.04. The number of aromatic amines is 1. The zero-order valence-corrected chi connectivity index (χ0v) is 5.79. The number of nitrogens with zero attached hydrogens (tertiary/aromatic N) is 1. The Morgan fingerprint density at radius 1 is 1.27 bits per heavy atom. The van der Waals surface area contributed by atoms with Crippen LogP contribution >= 0.6 is 0 Å². The SMILES string of the molecule is Fn1cccc1-c1ccc[nH]1. The highest BCUT2D eigenvalue weighted by Crippen LogP contribution is 2.16. The van der Waals surface area contributed by atoms with Gasteiger partial charge in [-0.1, -0.05) is 4.48 Å². The predicted octanol–water partition coefficient (Wildman–Crippen LogP) is 2.22. The van der Waals surface area contributed by atoms with E-state index in [0.717, 1.165) is 5.69 Å². The monoisotopic (exact) mass is 150 g/mol. The average molecular weight is 150 g/mol. The third kappa shape index (κ3) is 0.941. The molecule has 2 heterocycles. The van der Waals surface area contributed by atoms with E-state index < -0.39 is 0 Å². The van der Waals surface area contributed by atoms with Crippen molar-refractivity contribution in [2.45, 2.75) is 0 Å². The summed E-state index contributed by atoms with van der Waals surface area (Å²) in [6.07, 6.45) is 3.14. The van der Waals surface area contributed by atoms with Crippen LogP contribution in [-0.4, -0.2) is 9.77 Å². The van der Waals surface area contributed by atoms with Crippen LogP contribution in [0.2, 0.25) is 0 Å². The second-order valence-electron chi connectivity index (χ2n) is 2.29. The maximum absolute atomic E-state index is 12.8. The summed E-state index contributed by atoms with van der Waals surface area (Å²) in [4.78, 5) is 3.51. The van der Waals surface area contributed by atoms with Gasteiger partial charge in [0.2, 0.25) is 0 Å². The summed E-state index contributed by atoms with van der Waals surface area (Å²) >= 11 is 0. The molecule has 3 heteroatoms. The summed E-state index contributed by atoms with van der Waals surface area (Å²) in [7, 11) is 0. The van der Waals surface area contributed by atoms with Gasteiger partial charge in [0.15, 0.2) is 0 Å². The van der Waals surface area contributed by atoms with Crippen molar-refractivity contribution in [3.8, 4) is 11.4 Å². The molecule has 0 fully saturated rings. The third-order valence-electron chi connectivity index (χ3n) is 1.58. The molecular formula is C8H7FN2. The van der Waals surface area contributed by atoms with Crippen LogP contribution in [0.15, 0.2) is 36.7 Å². The van der Waals surface area contributed by atoms with Gasteiger partial charge in [-0.15, -0.1) is 0 Å². The number of nitrogens with one attached hydrogen (secondary N) is 1. The van der Waals surface area contributed by atoms with Gasteiger partial charge >= 0.3 is 0 Å². The Labute approximate surface area is 63.2 Å². The summed E-state index contributed by atoms with van der Waals surface area (Å²) in [5.74, 6) is 0. The maximum Gasteiger partial charge on any atom is 0.0974 e. The minimum Gasteiger partial charge on any atom is -0.360 e. The second kappa shape index (κ2) is 2.27. The first-order valence-corrected chi connectivity index (χ1v) is 3.35. The van der Waals surface area contributed by atoms with E-state index in [1.54, 1.807) is 18.3 Å². The Bertz CT molecular complexity index is 335. The highest BCUT2D eigenvalue weighted by molar-refractivity contribution is 5.54. The van der Waals surface area contributed by atoms with Crippen LogP contribution in [0.25, 0.3) is 11.4 Å². The molecule has 1 N–H and O–H groups in total. The molecule has 0 bridgehead atoms. The first-order chi connectivity index (χ1) is 5.38. The number of aromatic nitrogens is 2. The predicted molar refractivity (Wildman–Crippen MR) is 40.7 cm³/mol. The van der Waals surface area contributed by atoms with Crippen molar-refractivity contribution in [1.82, 2.24) is 9.77 Å². The van der Waals surface area contributed by atoms with Crippen molar-refractivity contribution < 1.29 is 4.48 Å². The quantitative estimate of drug-likeness (QED) is 0.643. The molecule has 0 saturated carbocycles. The number of hydrogen-bond donors (Lipinski definition) is 1. The molecule has 0 aliphatic rings. The van der Waals surface area contributed by atoms with E-state index in [1.165, 1.54) is 6.20 Å². The van der Waals surface area contributed by atoms with E-state index in [0.29, 0.717) is 10.5 Å². The van der Waals surface area contributed by atoms with Crippen LogP contribution in [0.4, 0.5) is 4.48 Å². The molecule has 0 amide bonds. The lowest BCUT2D eigenvalue weighted by molar-refractivity contribution is 0.376. The first-order valence-electron chi connectivity index (χ1n) is 3.35. The minimum atomic E-state index is 0.551. The number of rotatable bonds is 1. The number of H-pyrrole nitrogens is 1. The van der Waals surface area contributed by atoms with E-state index in [2.05, 4.69) is 4.98 Å². The Balaban J connectivity index is 2.53. The maximum atomic E-state index is 12.8. The van der Waals surface area contributed by atoms with E-state index in [4.69, 9.17) is 0 Å². The van der Waals surface area contributed by atoms with Crippen molar-refractivity contribution in [3.05, 3.63) is 36.7 Å². The minimum absolute atomic E-state index is 0.551. The largest absolute Gasteiger partial charge is 0.360 e. The van der Waals surface area contributed by atoms with Crippen LogP contribution < -0.4 is 0 Å². The van der Waals surface area contributed by atoms with Crippen molar-refractivity contribution in [2.75, 3.05) is 0 Å². The van der Waals surface area contributed by atoms with Gasteiger partial charge in [0, 0.05) is 12.4 Å². The molecule has 0 aliphatic carbocycles. The average Bonchev–Trinajstić information content (AvgIpc) is 2.55. The topological polar surface area (TPSA) is 20.7 Å². The molecule has 2 aromatic heterocycles. The lowest BCUT2D eigenvalue weighted by Crippen LogP contribution is -1.83. The Kier molecular flexibility index (Phi) is 1.28. The summed E-state index contributed by atoms with van der Waals surface area (Å²) in [5.41, 5.74) is 1.34. The van der Waals surface area contributed by atoms with Crippen LogP contribution in [0.1, 0.15) is 0 Å². The van der Waals surface area contributed by atoms with Crippen LogP contribution in [0, 0.1) is 0 Å². The molecule has 0 spiro atoms. The number of hydrogen-bond acceptors (Lipinski definition) is 0. The van der Waals surface area contributed by atoms with Crippen molar-refractivity contribution in [3.63, 3.8) is 0 Å². The van der Waals surface area contributed by atoms with Gasteiger partial charge in [0.25, 0.3) is 0 Å². The lowest BCUT2D eigenvalue weighted by Gasteiger charge is -1.93. The normalized spacial score (nSPS) is 10.3. The molecule has 0 atom stereocenters. The Morgan fingerprint density at radius 3 is 2.73 bits per heavy atom. The van der Waals surface area contributed by atoms with Gasteiger partial charge in [-0.3, -0.25) is 0 Å². The van der Waals surface area contributed by atoms with Gasteiger partial charge in [0.05, 0.1) is 11.4 Å². The zero-order chi connectivity index (χ0) is 7.68. The lowest BCUT2D eigenvalue weighted by atomic mass is 10.3. The van der Waals surface area contributed by atoms with Crippen molar-refractivity contribution in [1.29, 1.82) is 0 Å². The fraction of sp³-hybridized carbons (Fsp3) is 0. The molecule has 56 valence electrons. The Hall–Kier alpha value is -1.51. The fourth-order valence-electron chi connectivity index (χ4n) is 1.06. The van der Waals surface area contributed by atoms with Gasteiger partial charge in [-0.2, -0.15) is 4.79 Å². The molecule has 2 aromatic rings. The summed E-state index contributed by atoms with van der Waals surface area (Å²) in [6.45, 7) is 0. The number of halogens is 1. The third-order valence-corrected chi connectivity index (χ3v) is 1.58. The van der Waals surface area contributed by atoms with Gasteiger partial charge in [-0.25, -0.2) is 0 Å². The van der Waals surface area contributed by atoms with Crippen LogP contribution in [0.5, 0.6) is 0 Å². The summed E-state index contributed by atoms with van der Waals surface area (Å²) < 4.78 is 12.8. The van der Waals surface area contributed by atoms with E-state index in [1.807, 2.05) is 12.1 Å². The van der Waals surface area contributed by atoms with E-state index >= 15 is 0 Å². The van der Waals surface area contributed by atoms with E-state index in [-0.39, 0.29) is 0 Å². The zero-order valence-electron chi connectivity index (χ0n) is 5.79. The molecule has 0 aliphatic heterocycles.